The van der Waals surface area contributed by atoms with Gasteiger partial charge in [-0.15, -0.1) is 0 Å². The first-order valence-corrected chi connectivity index (χ1v) is 20.0. The Balaban J connectivity index is 4.23. The molecule has 0 aliphatic rings. The average Bonchev–Trinajstić information content (AvgIpc) is 2.99. The molecule has 0 bridgehead atoms. The minimum Gasteiger partial charge on any atom is -0.756 e. The molecule has 0 saturated heterocycles. The molecule has 0 rings (SSSR count). The number of rotatable bonds is 34. The van der Waals surface area contributed by atoms with Crippen molar-refractivity contribution in [3.8, 4) is 0 Å². The second-order valence-corrected chi connectivity index (χ2v) is 15.0. The number of nitrogens with zero attached hydrogens (tertiary/aromatic N) is 1. The van der Waals surface area contributed by atoms with Crippen LogP contribution in [0, 0.1) is 0 Å². The SMILES string of the molecule is CCCCC/C=C\C/C=C\CCCCCCCCCC(=O)OC(COCCCCCCCCC)COP(=O)([O-])OCC[N+](C)(C)C. The van der Waals surface area contributed by atoms with Gasteiger partial charge in [0.15, 0.2) is 0 Å². The Morgan fingerprint density at radius 2 is 1.20 bits per heavy atom. The molecule has 46 heavy (non-hydrogen) atoms. The van der Waals surface area contributed by atoms with Crippen molar-refractivity contribution in [2.24, 2.45) is 0 Å². The van der Waals surface area contributed by atoms with Gasteiger partial charge in [0, 0.05) is 13.0 Å². The van der Waals surface area contributed by atoms with Crippen molar-refractivity contribution in [1.82, 2.24) is 0 Å². The molecule has 0 amide bonds. The second-order valence-electron chi connectivity index (χ2n) is 13.6. The fourth-order valence-electron chi connectivity index (χ4n) is 4.81. The van der Waals surface area contributed by atoms with Crippen LogP contribution in [0.4, 0.5) is 0 Å². The number of quaternary nitrogens is 1. The number of unbranched alkanes of at least 4 members (excludes halogenated alkanes) is 16. The minimum absolute atomic E-state index is 0.0255. The lowest BCUT2D eigenvalue weighted by Crippen LogP contribution is -2.37. The summed E-state index contributed by atoms with van der Waals surface area (Å²) in [5, 5.41) is 0. The van der Waals surface area contributed by atoms with Crippen LogP contribution in [0.1, 0.15) is 149 Å². The summed E-state index contributed by atoms with van der Waals surface area (Å²) in [6.07, 6.45) is 31.9. The van der Waals surface area contributed by atoms with E-state index in [0.29, 0.717) is 24.1 Å². The van der Waals surface area contributed by atoms with Crippen LogP contribution in [0.25, 0.3) is 0 Å². The van der Waals surface area contributed by atoms with Crippen LogP contribution < -0.4 is 4.89 Å². The Morgan fingerprint density at radius 1 is 0.674 bits per heavy atom. The summed E-state index contributed by atoms with van der Waals surface area (Å²) < 4.78 is 34.3. The number of esters is 1. The first-order chi connectivity index (χ1) is 22.1. The highest BCUT2D eigenvalue weighted by Gasteiger charge is 2.20. The summed E-state index contributed by atoms with van der Waals surface area (Å²) in [4.78, 5) is 24.8. The van der Waals surface area contributed by atoms with E-state index >= 15 is 0 Å². The van der Waals surface area contributed by atoms with E-state index in [1.54, 1.807) is 0 Å². The molecular weight excluding hydrogens is 601 g/mol. The van der Waals surface area contributed by atoms with Gasteiger partial charge in [-0.05, 0) is 44.9 Å². The molecule has 0 aromatic carbocycles. The van der Waals surface area contributed by atoms with Crippen molar-refractivity contribution in [3.05, 3.63) is 24.3 Å². The van der Waals surface area contributed by atoms with Crippen molar-refractivity contribution in [3.63, 3.8) is 0 Å². The van der Waals surface area contributed by atoms with Gasteiger partial charge in [0.25, 0.3) is 7.82 Å². The number of hydrogen-bond donors (Lipinski definition) is 0. The van der Waals surface area contributed by atoms with Crippen LogP contribution >= 0.6 is 7.82 Å². The van der Waals surface area contributed by atoms with Crippen molar-refractivity contribution in [2.75, 3.05) is 54.1 Å². The average molecular weight is 674 g/mol. The molecule has 0 radical (unpaired) electrons. The van der Waals surface area contributed by atoms with Gasteiger partial charge >= 0.3 is 5.97 Å². The molecule has 8 nitrogen and oxygen atoms in total. The Labute approximate surface area is 283 Å². The highest BCUT2D eigenvalue weighted by molar-refractivity contribution is 7.45. The maximum atomic E-state index is 12.6. The number of carbonyl (C=O) groups is 1. The molecule has 0 aromatic heterocycles. The minimum atomic E-state index is -4.51. The number of allylic oxidation sites excluding steroid dienone is 4. The summed E-state index contributed by atoms with van der Waals surface area (Å²) in [6, 6.07) is 0. The summed E-state index contributed by atoms with van der Waals surface area (Å²) in [5.41, 5.74) is 0. The second kappa shape index (κ2) is 31.3. The zero-order valence-electron chi connectivity index (χ0n) is 30.5. The van der Waals surface area contributed by atoms with E-state index in [4.69, 9.17) is 18.5 Å². The van der Waals surface area contributed by atoms with Gasteiger partial charge in [-0.2, -0.15) is 0 Å². The quantitative estimate of drug-likeness (QED) is 0.0221. The van der Waals surface area contributed by atoms with Crippen molar-refractivity contribution in [2.45, 2.75) is 155 Å². The predicted molar refractivity (Wildman–Crippen MR) is 190 cm³/mol. The number of phosphoric ester groups is 1. The molecule has 0 heterocycles. The van der Waals surface area contributed by atoms with E-state index in [1.807, 2.05) is 21.1 Å². The highest BCUT2D eigenvalue weighted by atomic mass is 31.2. The zero-order valence-corrected chi connectivity index (χ0v) is 31.4. The summed E-state index contributed by atoms with van der Waals surface area (Å²) in [7, 11) is 1.35. The summed E-state index contributed by atoms with van der Waals surface area (Å²) in [5.74, 6) is -0.345. The van der Waals surface area contributed by atoms with Crippen molar-refractivity contribution >= 4 is 13.8 Å². The lowest BCUT2D eigenvalue weighted by Gasteiger charge is -2.28. The molecular formula is C37H72NO7P. The van der Waals surface area contributed by atoms with Crippen LogP contribution in [0.15, 0.2) is 24.3 Å². The topological polar surface area (TPSA) is 94.1 Å². The van der Waals surface area contributed by atoms with Crippen molar-refractivity contribution in [1.29, 1.82) is 0 Å². The maximum Gasteiger partial charge on any atom is 0.306 e. The fraction of sp³-hybridized carbons (Fsp3) is 0.865. The predicted octanol–water partition coefficient (Wildman–Crippen LogP) is 9.47. The molecule has 0 fully saturated rings. The smallest absolute Gasteiger partial charge is 0.306 e. The molecule has 0 aliphatic heterocycles. The molecule has 9 heteroatoms. The molecule has 0 aromatic rings. The molecule has 0 spiro atoms. The third-order valence-corrected chi connectivity index (χ3v) is 8.72. The van der Waals surface area contributed by atoms with E-state index in [2.05, 4.69) is 38.2 Å². The molecule has 2 unspecified atom stereocenters. The summed E-state index contributed by atoms with van der Waals surface area (Å²) >= 11 is 0. The standard InChI is InChI=1S/C37H72NO7P/c1-6-8-10-12-14-15-16-17-18-19-20-21-22-23-24-26-28-30-37(39)45-36(34-42-32-29-27-25-13-11-9-7-2)35-44-46(40,41)43-33-31-38(3,4)5/h14-15,17-18,36H,6-13,16,19-35H2,1-5H3/b15-14-,18-17-. The fourth-order valence-corrected chi connectivity index (χ4v) is 5.54. The van der Waals surface area contributed by atoms with Crippen LogP contribution in [-0.2, 0) is 27.9 Å². The summed E-state index contributed by atoms with van der Waals surface area (Å²) in [6.45, 7) is 5.33. The van der Waals surface area contributed by atoms with Gasteiger partial charge in [-0.25, -0.2) is 0 Å². The monoisotopic (exact) mass is 674 g/mol. The van der Waals surface area contributed by atoms with Crippen LogP contribution in [0.2, 0.25) is 0 Å². The third kappa shape index (κ3) is 34.3. The Bertz CT molecular complexity index is 797. The molecule has 272 valence electrons. The van der Waals surface area contributed by atoms with E-state index in [9.17, 15) is 14.3 Å². The lowest BCUT2D eigenvalue weighted by atomic mass is 10.1. The van der Waals surface area contributed by atoms with Crippen LogP contribution in [-0.4, -0.2) is 70.7 Å². The molecule has 0 saturated carbocycles. The van der Waals surface area contributed by atoms with Gasteiger partial charge in [0.05, 0.1) is 34.4 Å². The van der Waals surface area contributed by atoms with Gasteiger partial charge in [0.2, 0.25) is 0 Å². The first kappa shape index (κ1) is 45.0. The highest BCUT2D eigenvalue weighted by Crippen LogP contribution is 2.38. The molecule has 2 atom stereocenters. The van der Waals surface area contributed by atoms with Crippen molar-refractivity contribution < 1.29 is 37.3 Å². The number of carbonyl (C=O) groups excluding carboxylic acids is 1. The Kier molecular flexibility index (Phi) is 30.6. The van der Waals surface area contributed by atoms with E-state index in [-0.39, 0.29) is 25.8 Å². The zero-order chi connectivity index (χ0) is 34.2. The Morgan fingerprint density at radius 3 is 1.80 bits per heavy atom. The lowest BCUT2D eigenvalue weighted by molar-refractivity contribution is -0.870. The van der Waals surface area contributed by atoms with Crippen LogP contribution in [0.5, 0.6) is 0 Å². The van der Waals surface area contributed by atoms with Gasteiger partial charge in [0.1, 0.15) is 19.3 Å². The normalized spacial score (nSPS) is 14.3. The third-order valence-electron chi connectivity index (χ3n) is 7.76. The van der Waals surface area contributed by atoms with E-state index in [0.717, 1.165) is 44.9 Å². The maximum absolute atomic E-state index is 12.6. The first-order valence-electron chi connectivity index (χ1n) is 18.6. The number of ether oxygens (including phenoxy) is 2. The molecule has 0 N–H and O–H groups in total. The van der Waals surface area contributed by atoms with Crippen LogP contribution in [0.3, 0.4) is 0 Å². The van der Waals surface area contributed by atoms with Gasteiger partial charge in [-0.3, -0.25) is 9.36 Å². The Hall–Kier alpha value is -1.02. The number of phosphoric acid groups is 1. The largest absolute Gasteiger partial charge is 0.756 e. The van der Waals surface area contributed by atoms with E-state index < -0.39 is 13.9 Å². The number of hydrogen-bond acceptors (Lipinski definition) is 7. The van der Waals surface area contributed by atoms with Gasteiger partial charge in [-0.1, -0.05) is 122 Å². The molecule has 0 aliphatic carbocycles. The number of likely N-dealkylation sites (N-methyl/N-ethyl adjacent to an activating group) is 1. The van der Waals surface area contributed by atoms with E-state index in [1.165, 1.54) is 83.5 Å². The van der Waals surface area contributed by atoms with Gasteiger partial charge < -0.3 is 27.9 Å².